The standard InChI is InChI=1S/C13H20N4O3S/c1-2-3-21-13-8(18)4-10(20-13)17-7-16-11-9(19)5-14-6-15-12(11)17/h6-10,13,18-19H,2-5H2,1H3,(H,14,15)/t8-,9-,10?,13?/m1/s1. The minimum atomic E-state index is -0.718. The summed E-state index contributed by atoms with van der Waals surface area (Å²) in [4.78, 5) is 8.30. The third kappa shape index (κ3) is 2.94. The molecule has 0 amide bonds. The van der Waals surface area contributed by atoms with E-state index in [0.717, 1.165) is 12.2 Å². The summed E-state index contributed by atoms with van der Waals surface area (Å²) in [6.45, 7) is 2.40. The summed E-state index contributed by atoms with van der Waals surface area (Å²) in [5.41, 5.74) is 0.354. The zero-order valence-electron chi connectivity index (χ0n) is 11.8. The Kier molecular flexibility index (Phi) is 4.48. The molecule has 2 aliphatic heterocycles. The molecule has 0 radical (unpaired) electrons. The molecule has 116 valence electrons. The molecule has 3 heterocycles. The van der Waals surface area contributed by atoms with Crippen LogP contribution in [0.3, 0.4) is 0 Å². The van der Waals surface area contributed by atoms with E-state index in [-0.39, 0.29) is 11.7 Å². The van der Waals surface area contributed by atoms with Crippen molar-refractivity contribution in [2.45, 2.75) is 43.6 Å². The van der Waals surface area contributed by atoms with Gasteiger partial charge in [0.05, 0.1) is 25.3 Å². The number of fused-ring (bicyclic) bond motifs is 1. The number of aliphatic imine (C=N–C) groups is 1. The van der Waals surface area contributed by atoms with Crippen LogP contribution in [0.15, 0.2) is 11.3 Å². The van der Waals surface area contributed by atoms with Crippen molar-refractivity contribution in [2.24, 2.45) is 4.99 Å². The van der Waals surface area contributed by atoms with Gasteiger partial charge in [-0.1, -0.05) is 6.92 Å². The Hall–Kier alpha value is -1.09. The van der Waals surface area contributed by atoms with Gasteiger partial charge in [-0.2, -0.15) is 0 Å². The lowest BCUT2D eigenvalue weighted by molar-refractivity contribution is 0.0299. The van der Waals surface area contributed by atoms with Gasteiger partial charge in [-0.25, -0.2) is 4.98 Å². The van der Waals surface area contributed by atoms with E-state index in [9.17, 15) is 10.2 Å². The van der Waals surface area contributed by atoms with Crippen molar-refractivity contribution in [3.05, 3.63) is 12.0 Å². The molecule has 0 spiro atoms. The second kappa shape index (κ2) is 6.35. The Labute approximate surface area is 127 Å². The van der Waals surface area contributed by atoms with Gasteiger partial charge in [0.1, 0.15) is 29.3 Å². The van der Waals surface area contributed by atoms with Gasteiger partial charge in [-0.3, -0.25) is 9.56 Å². The number of imidazole rings is 1. The first-order chi connectivity index (χ1) is 10.2. The summed E-state index contributed by atoms with van der Waals surface area (Å²) in [5.74, 6) is 1.64. The monoisotopic (exact) mass is 312 g/mol. The molecular formula is C13H20N4O3S. The van der Waals surface area contributed by atoms with E-state index in [0.29, 0.717) is 24.5 Å². The normalized spacial score (nSPS) is 31.8. The SMILES string of the molecule is CCCSC1OC(n2cnc3c2NC=NC[C@H]3O)C[C@H]1O. The lowest BCUT2D eigenvalue weighted by Gasteiger charge is -2.17. The quantitative estimate of drug-likeness (QED) is 0.771. The van der Waals surface area contributed by atoms with Crippen molar-refractivity contribution in [3.63, 3.8) is 0 Å². The van der Waals surface area contributed by atoms with E-state index < -0.39 is 12.2 Å². The summed E-state index contributed by atoms with van der Waals surface area (Å²) in [6.07, 6.45) is 3.27. The first-order valence-electron chi connectivity index (χ1n) is 7.15. The van der Waals surface area contributed by atoms with E-state index >= 15 is 0 Å². The Bertz CT molecular complexity index is 522. The van der Waals surface area contributed by atoms with Gasteiger partial charge >= 0.3 is 0 Å². The maximum atomic E-state index is 10.1. The molecule has 0 aromatic carbocycles. The molecule has 2 unspecified atom stereocenters. The number of nitrogens with one attached hydrogen (secondary N) is 1. The summed E-state index contributed by atoms with van der Waals surface area (Å²) < 4.78 is 7.76. The molecular weight excluding hydrogens is 292 g/mol. The predicted octanol–water partition coefficient (Wildman–Crippen LogP) is 1.12. The highest BCUT2D eigenvalue weighted by Crippen LogP contribution is 2.38. The molecule has 3 rings (SSSR count). The molecule has 0 saturated carbocycles. The third-order valence-electron chi connectivity index (χ3n) is 3.55. The topological polar surface area (TPSA) is 91.9 Å². The molecule has 1 saturated heterocycles. The van der Waals surface area contributed by atoms with Gasteiger partial charge in [-0.15, -0.1) is 11.8 Å². The van der Waals surface area contributed by atoms with E-state index in [1.807, 2.05) is 4.57 Å². The number of hydrogen-bond acceptors (Lipinski definition) is 7. The molecule has 7 nitrogen and oxygen atoms in total. The first-order valence-corrected chi connectivity index (χ1v) is 8.20. The lowest BCUT2D eigenvalue weighted by atomic mass is 10.2. The number of ether oxygens (including phenoxy) is 1. The van der Waals surface area contributed by atoms with Gasteiger partial charge in [0.15, 0.2) is 0 Å². The lowest BCUT2D eigenvalue weighted by Crippen LogP contribution is -2.17. The largest absolute Gasteiger partial charge is 0.389 e. The third-order valence-corrected chi connectivity index (χ3v) is 4.95. The van der Waals surface area contributed by atoms with E-state index in [4.69, 9.17) is 4.74 Å². The van der Waals surface area contributed by atoms with Gasteiger partial charge in [0, 0.05) is 6.42 Å². The Morgan fingerprint density at radius 2 is 2.38 bits per heavy atom. The fourth-order valence-corrected chi connectivity index (χ4v) is 3.52. The van der Waals surface area contributed by atoms with Gasteiger partial charge in [0.2, 0.25) is 0 Å². The van der Waals surface area contributed by atoms with Crippen molar-refractivity contribution < 1.29 is 14.9 Å². The summed E-state index contributed by atoms with van der Waals surface area (Å²) in [7, 11) is 0. The summed E-state index contributed by atoms with van der Waals surface area (Å²) in [6, 6.07) is 0. The van der Waals surface area contributed by atoms with E-state index in [2.05, 4.69) is 22.2 Å². The molecule has 2 aliphatic rings. The zero-order valence-corrected chi connectivity index (χ0v) is 12.7. The molecule has 3 N–H and O–H groups in total. The fourth-order valence-electron chi connectivity index (χ4n) is 2.51. The van der Waals surface area contributed by atoms with Crippen LogP contribution < -0.4 is 5.32 Å². The van der Waals surface area contributed by atoms with Crippen molar-refractivity contribution in [1.82, 2.24) is 9.55 Å². The van der Waals surface area contributed by atoms with E-state index in [1.54, 1.807) is 24.4 Å². The van der Waals surface area contributed by atoms with Gasteiger partial charge in [-0.05, 0) is 12.2 Å². The molecule has 4 atom stereocenters. The molecule has 1 fully saturated rings. The predicted molar refractivity (Wildman–Crippen MR) is 81.5 cm³/mol. The van der Waals surface area contributed by atoms with Crippen LogP contribution in [0.25, 0.3) is 0 Å². The molecule has 0 bridgehead atoms. The number of rotatable bonds is 4. The van der Waals surface area contributed by atoms with Crippen LogP contribution in [0.1, 0.15) is 37.8 Å². The number of anilines is 1. The number of nitrogens with zero attached hydrogens (tertiary/aromatic N) is 3. The zero-order chi connectivity index (χ0) is 14.8. The smallest absolute Gasteiger partial charge is 0.140 e. The highest BCUT2D eigenvalue weighted by atomic mass is 32.2. The van der Waals surface area contributed by atoms with E-state index in [1.165, 1.54) is 0 Å². The maximum absolute atomic E-state index is 10.1. The minimum absolute atomic E-state index is 0.211. The van der Waals surface area contributed by atoms with Crippen LogP contribution in [0, 0.1) is 0 Å². The highest BCUT2D eigenvalue weighted by molar-refractivity contribution is 7.99. The van der Waals surface area contributed by atoms with Crippen LogP contribution in [0.5, 0.6) is 0 Å². The number of aliphatic hydroxyl groups is 2. The van der Waals surface area contributed by atoms with Crippen molar-refractivity contribution >= 4 is 23.9 Å². The first kappa shape index (κ1) is 14.8. The molecule has 1 aromatic heterocycles. The van der Waals surface area contributed by atoms with Crippen LogP contribution in [-0.4, -0.2) is 49.9 Å². The highest BCUT2D eigenvalue weighted by Gasteiger charge is 2.36. The Balaban J connectivity index is 1.78. The van der Waals surface area contributed by atoms with Crippen LogP contribution in [0.4, 0.5) is 5.82 Å². The minimum Gasteiger partial charge on any atom is -0.389 e. The van der Waals surface area contributed by atoms with Gasteiger partial charge < -0.3 is 20.3 Å². The number of thioether (sulfide) groups is 1. The van der Waals surface area contributed by atoms with Crippen LogP contribution >= 0.6 is 11.8 Å². The van der Waals surface area contributed by atoms with Crippen LogP contribution in [-0.2, 0) is 4.74 Å². The molecule has 1 aromatic rings. The van der Waals surface area contributed by atoms with Gasteiger partial charge in [0.25, 0.3) is 0 Å². The van der Waals surface area contributed by atoms with Crippen molar-refractivity contribution in [3.8, 4) is 0 Å². The van der Waals surface area contributed by atoms with Crippen molar-refractivity contribution in [1.29, 1.82) is 0 Å². The molecule has 21 heavy (non-hydrogen) atoms. The second-order valence-corrected chi connectivity index (χ2v) is 6.38. The number of aromatic nitrogens is 2. The number of aliphatic hydroxyl groups excluding tert-OH is 2. The Morgan fingerprint density at radius 3 is 3.19 bits per heavy atom. The average Bonchev–Trinajstić information content (AvgIpc) is 3.00. The summed E-state index contributed by atoms with van der Waals surface area (Å²) >= 11 is 1.63. The molecule has 8 heteroatoms. The maximum Gasteiger partial charge on any atom is 0.140 e. The second-order valence-electron chi connectivity index (χ2n) is 5.17. The number of hydrogen-bond donors (Lipinski definition) is 3. The van der Waals surface area contributed by atoms with Crippen LogP contribution in [0.2, 0.25) is 0 Å². The Morgan fingerprint density at radius 1 is 1.52 bits per heavy atom. The fraction of sp³-hybridized carbons (Fsp3) is 0.692. The molecule has 0 aliphatic carbocycles. The summed E-state index contributed by atoms with van der Waals surface area (Å²) in [5, 5.41) is 23.1. The van der Waals surface area contributed by atoms with Crippen molar-refractivity contribution in [2.75, 3.05) is 17.6 Å². The average molecular weight is 312 g/mol.